The molecule has 2 aromatic carbocycles. The molecule has 0 bridgehead atoms. The van der Waals surface area contributed by atoms with E-state index in [-0.39, 0.29) is 5.91 Å². The first-order valence-corrected chi connectivity index (χ1v) is 8.70. The van der Waals surface area contributed by atoms with E-state index in [9.17, 15) is 4.79 Å². The Morgan fingerprint density at radius 1 is 1.04 bits per heavy atom. The Balaban J connectivity index is 1.66. The van der Waals surface area contributed by atoms with Gasteiger partial charge in [-0.25, -0.2) is 5.43 Å². The molecule has 5 nitrogen and oxygen atoms in total. The molecule has 6 heteroatoms. The number of carbonyl (C=O) groups excluding carboxylic acids is 1. The molecule has 0 saturated heterocycles. The van der Waals surface area contributed by atoms with Crippen LogP contribution in [0.2, 0.25) is 5.02 Å². The van der Waals surface area contributed by atoms with Gasteiger partial charge in [0.05, 0.1) is 6.21 Å². The smallest absolute Gasteiger partial charge is 0.288 e. The molecule has 0 fully saturated rings. The van der Waals surface area contributed by atoms with Gasteiger partial charge in [-0.2, -0.15) is 5.10 Å². The van der Waals surface area contributed by atoms with Gasteiger partial charge < -0.3 is 4.98 Å². The fraction of sp³-hybridized carbons (Fsp3) is 0. The van der Waals surface area contributed by atoms with Crippen LogP contribution < -0.4 is 5.43 Å². The van der Waals surface area contributed by atoms with Crippen LogP contribution in [0.15, 0.2) is 78.2 Å². The van der Waals surface area contributed by atoms with Crippen molar-refractivity contribution in [2.24, 2.45) is 5.10 Å². The lowest BCUT2D eigenvalue weighted by Crippen LogP contribution is -2.18. The maximum atomic E-state index is 12.8. The number of pyridine rings is 1. The van der Waals surface area contributed by atoms with Gasteiger partial charge in [-0.05, 0) is 41.5 Å². The summed E-state index contributed by atoms with van der Waals surface area (Å²) in [6.45, 7) is 0. The highest BCUT2D eigenvalue weighted by Gasteiger charge is 2.18. The Labute approximate surface area is 160 Å². The highest BCUT2D eigenvalue weighted by molar-refractivity contribution is 6.30. The van der Waals surface area contributed by atoms with E-state index in [1.807, 2.05) is 48.5 Å². The second-order valence-electron chi connectivity index (χ2n) is 5.91. The van der Waals surface area contributed by atoms with Gasteiger partial charge in [0.2, 0.25) is 0 Å². The van der Waals surface area contributed by atoms with Crippen LogP contribution in [0.1, 0.15) is 16.1 Å². The second kappa shape index (κ2) is 7.43. The third kappa shape index (κ3) is 3.59. The number of aromatic amines is 1. The average Bonchev–Trinajstić information content (AvgIpc) is 3.10. The van der Waals surface area contributed by atoms with Gasteiger partial charge >= 0.3 is 0 Å². The quantitative estimate of drug-likeness (QED) is 0.403. The molecule has 0 spiro atoms. The summed E-state index contributed by atoms with van der Waals surface area (Å²) in [5.74, 6) is -0.316. The lowest BCUT2D eigenvalue weighted by atomic mass is 10.0. The van der Waals surface area contributed by atoms with E-state index in [2.05, 4.69) is 20.5 Å². The normalized spacial score (nSPS) is 11.1. The zero-order valence-corrected chi connectivity index (χ0v) is 14.9. The Bertz CT molecular complexity index is 1120. The lowest BCUT2D eigenvalue weighted by molar-refractivity contribution is 0.0951. The topological polar surface area (TPSA) is 70.1 Å². The van der Waals surface area contributed by atoms with Gasteiger partial charge in [0.15, 0.2) is 0 Å². The van der Waals surface area contributed by atoms with Crippen molar-refractivity contribution in [3.63, 3.8) is 0 Å². The van der Waals surface area contributed by atoms with Gasteiger partial charge in [-0.1, -0.05) is 41.9 Å². The number of hydrogen-bond acceptors (Lipinski definition) is 3. The van der Waals surface area contributed by atoms with Crippen LogP contribution in [0.25, 0.3) is 22.0 Å². The first-order chi connectivity index (χ1) is 13.2. The molecule has 0 radical (unpaired) electrons. The van der Waals surface area contributed by atoms with Crippen LogP contribution in [-0.2, 0) is 0 Å². The molecule has 0 unspecified atom stereocenters. The van der Waals surface area contributed by atoms with Gasteiger partial charge in [0.25, 0.3) is 5.91 Å². The van der Waals surface area contributed by atoms with Gasteiger partial charge in [-0.15, -0.1) is 0 Å². The Kier molecular flexibility index (Phi) is 4.68. The van der Waals surface area contributed by atoms with Crippen LogP contribution in [0, 0.1) is 0 Å². The number of hydrazone groups is 1. The van der Waals surface area contributed by atoms with E-state index in [4.69, 9.17) is 11.6 Å². The minimum atomic E-state index is -0.316. The fourth-order valence-corrected chi connectivity index (χ4v) is 3.03. The summed E-state index contributed by atoms with van der Waals surface area (Å²) in [7, 11) is 0. The van der Waals surface area contributed by atoms with Crippen molar-refractivity contribution in [1.29, 1.82) is 0 Å². The molecule has 0 saturated carbocycles. The summed E-state index contributed by atoms with van der Waals surface area (Å²) in [6.07, 6.45) is 4.98. The van der Waals surface area contributed by atoms with E-state index in [1.165, 1.54) is 0 Å². The predicted octanol–water partition coefficient (Wildman–Crippen LogP) is 4.65. The zero-order valence-electron chi connectivity index (χ0n) is 14.2. The third-order valence-electron chi connectivity index (χ3n) is 4.15. The summed E-state index contributed by atoms with van der Waals surface area (Å²) >= 11 is 5.87. The van der Waals surface area contributed by atoms with E-state index in [1.54, 1.807) is 30.7 Å². The molecule has 2 aromatic heterocycles. The minimum absolute atomic E-state index is 0.316. The molecule has 0 aliphatic rings. The number of nitrogens with zero attached hydrogens (tertiary/aromatic N) is 2. The third-order valence-corrected chi connectivity index (χ3v) is 4.40. The van der Waals surface area contributed by atoms with Gasteiger partial charge in [0.1, 0.15) is 5.69 Å². The Hall–Kier alpha value is -3.44. The fourth-order valence-electron chi connectivity index (χ4n) is 2.90. The molecule has 4 rings (SSSR count). The van der Waals surface area contributed by atoms with Crippen LogP contribution in [-0.4, -0.2) is 22.1 Å². The molecular weight excluding hydrogens is 360 g/mol. The van der Waals surface area contributed by atoms with Crippen LogP contribution in [0.3, 0.4) is 0 Å². The van der Waals surface area contributed by atoms with E-state index >= 15 is 0 Å². The molecule has 2 heterocycles. The van der Waals surface area contributed by atoms with E-state index in [0.717, 1.165) is 27.6 Å². The first-order valence-electron chi connectivity index (χ1n) is 8.32. The number of amides is 1. The van der Waals surface area contributed by atoms with Crippen molar-refractivity contribution in [3.05, 3.63) is 89.3 Å². The summed E-state index contributed by atoms with van der Waals surface area (Å²) in [5.41, 5.74) is 6.50. The highest BCUT2D eigenvalue weighted by atomic mass is 35.5. The number of benzene rings is 2. The number of rotatable bonds is 4. The molecule has 0 aliphatic carbocycles. The van der Waals surface area contributed by atoms with Crippen molar-refractivity contribution in [2.45, 2.75) is 0 Å². The van der Waals surface area contributed by atoms with Crippen LogP contribution in [0.4, 0.5) is 0 Å². The van der Waals surface area contributed by atoms with Crippen LogP contribution >= 0.6 is 11.6 Å². The number of aromatic nitrogens is 2. The number of fused-ring (bicyclic) bond motifs is 1. The van der Waals surface area contributed by atoms with E-state index in [0.29, 0.717) is 10.7 Å². The predicted molar refractivity (Wildman–Crippen MR) is 108 cm³/mol. The highest BCUT2D eigenvalue weighted by Crippen LogP contribution is 2.32. The number of hydrogen-bond donors (Lipinski definition) is 2. The Morgan fingerprint density at radius 2 is 1.78 bits per heavy atom. The first kappa shape index (κ1) is 17.0. The summed E-state index contributed by atoms with van der Waals surface area (Å²) in [5, 5.41) is 5.67. The average molecular weight is 375 g/mol. The monoisotopic (exact) mass is 374 g/mol. The standard InChI is InChI=1S/C21H15ClN4O/c22-16-7-5-14(6-8-16)13-24-26-21(27)20-19(15-9-11-23-12-10-15)17-3-1-2-4-18(17)25-20/h1-13,25H,(H,26,27). The number of nitrogens with one attached hydrogen (secondary N) is 2. The Morgan fingerprint density at radius 3 is 2.56 bits per heavy atom. The minimum Gasteiger partial charge on any atom is -0.350 e. The number of halogens is 1. The van der Waals surface area contributed by atoms with Crippen molar-refractivity contribution in [3.8, 4) is 11.1 Å². The van der Waals surface area contributed by atoms with Crippen molar-refractivity contribution >= 4 is 34.6 Å². The maximum absolute atomic E-state index is 12.8. The summed E-state index contributed by atoms with van der Waals surface area (Å²) < 4.78 is 0. The number of carbonyl (C=O) groups is 1. The zero-order chi connectivity index (χ0) is 18.6. The summed E-state index contributed by atoms with van der Waals surface area (Å²) in [6, 6.07) is 18.7. The van der Waals surface area contributed by atoms with E-state index < -0.39 is 0 Å². The maximum Gasteiger partial charge on any atom is 0.288 e. The SMILES string of the molecule is O=C(NN=Cc1ccc(Cl)cc1)c1[nH]c2ccccc2c1-c1ccncc1. The molecule has 27 heavy (non-hydrogen) atoms. The molecule has 0 atom stereocenters. The van der Waals surface area contributed by atoms with Crippen molar-refractivity contribution in [1.82, 2.24) is 15.4 Å². The van der Waals surface area contributed by atoms with Gasteiger partial charge in [0, 0.05) is 33.9 Å². The summed E-state index contributed by atoms with van der Waals surface area (Å²) in [4.78, 5) is 20.0. The molecule has 132 valence electrons. The largest absolute Gasteiger partial charge is 0.350 e. The van der Waals surface area contributed by atoms with Gasteiger partial charge in [-0.3, -0.25) is 9.78 Å². The second-order valence-corrected chi connectivity index (χ2v) is 6.34. The number of para-hydroxylation sites is 1. The van der Waals surface area contributed by atoms with Crippen molar-refractivity contribution in [2.75, 3.05) is 0 Å². The lowest BCUT2D eigenvalue weighted by Gasteiger charge is -2.04. The van der Waals surface area contributed by atoms with Crippen molar-refractivity contribution < 1.29 is 4.79 Å². The molecular formula is C21H15ClN4O. The molecule has 0 aliphatic heterocycles. The molecule has 4 aromatic rings. The molecule has 2 N–H and O–H groups in total. The van der Waals surface area contributed by atoms with Crippen LogP contribution in [0.5, 0.6) is 0 Å². The molecule has 1 amide bonds. The number of H-pyrrole nitrogens is 1.